The fourth-order valence-corrected chi connectivity index (χ4v) is 3.39. The van der Waals surface area contributed by atoms with E-state index in [9.17, 15) is 16.8 Å². The summed E-state index contributed by atoms with van der Waals surface area (Å²) in [5, 5.41) is 14.3. The molecular formula is C16H16N6O6S2. The molecule has 0 aliphatic rings. The Hall–Kier alpha value is -3.46. The molecule has 0 saturated heterocycles. The molecule has 2 aromatic carbocycles. The lowest BCUT2D eigenvalue weighted by Gasteiger charge is -2.01. The standard InChI is InChI=1S/C16H16N6O6S2/c17-15(21-19-9-11-5-1-3-7-13(11)29(23,24)25)16(18)22-20-10-12-6-2-4-8-14(12)30(26,27)28/h1-10H,(H2,17,21)(H2,18,22)(H,23,24,25)(H,26,27,28)/b19-9-,20-10-. The molecule has 0 unspecified atom stereocenters. The highest BCUT2D eigenvalue weighted by Crippen LogP contribution is 2.13. The van der Waals surface area contributed by atoms with Crippen LogP contribution in [0.25, 0.3) is 0 Å². The molecule has 0 saturated carbocycles. The second kappa shape index (κ2) is 9.36. The van der Waals surface area contributed by atoms with E-state index in [0.717, 1.165) is 12.4 Å². The summed E-state index contributed by atoms with van der Waals surface area (Å²) in [5.41, 5.74) is 11.3. The van der Waals surface area contributed by atoms with Crippen LogP contribution in [0.1, 0.15) is 11.1 Å². The van der Waals surface area contributed by atoms with Gasteiger partial charge in [0.25, 0.3) is 20.2 Å². The largest absolute Gasteiger partial charge is 0.379 e. The van der Waals surface area contributed by atoms with Crippen molar-refractivity contribution in [3.63, 3.8) is 0 Å². The third-order valence-corrected chi connectivity index (χ3v) is 5.24. The van der Waals surface area contributed by atoms with E-state index in [4.69, 9.17) is 20.6 Å². The monoisotopic (exact) mass is 452 g/mol. The Labute approximate surface area is 171 Å². The first-order chi connectivity index (χ1) is 14.0. The zero-order valence-corrected chi connectivity index (χ0v) is 16.7. The maximum absolute atomic E-state index is 11.3. The van der Waals surface area contributed by atoms with Crippen LogP contribution in [-0.4, -0.2) is 50.0 Å². The van der Waals surface area contributed by atoms with E-state index in [1.807, 2.05) is 0 Å². The number of amidine groups is 2. The smallest absolute Gasteiger partial charge is 0.295 e. The highest BCUT2D eigenvalue weighted by Gasteiger charge is 2.14. The number of rotatable bonds is 6. The lowest BCUT2D eigenvalue weighted by Crippen LogP contribution is -2.30. The summed E-state index contributed by atoms with van der Waals surface area (Å²) >= 11 is 0. The summed E-state index contributed by atoms with van der Waals surface area (Å²) in [4.78, 5) is -0.738. The molecule has 158 valence electrons. The minimum Gasteiger partial charge on any atom is -0.379 e. The van der Waals surface area contributed by atoms with Gasteiger partial charge in [-0.15, -0.1) is 10.2 Å². The van der Waals surface area contributed by atoms with Gasteiger partial charge in [0, 0.05) is 11.1 Å². The molecule has 0 aromatic heterocycles. The van der Waals surface area contributed by atoms with Crippen molar-refractivity contribution in [2.45, 2.75) is 9.79 Å². The van der Waals surface area contributed by atoms with Crippen molar-refractivity contribution in [3.05, 3.63) is 59.7 Å². The molecule has 2 rings (SSSR count). The first-order valence-electron chi connectivity index (χ1n) is 7.86. The van der Waals surface area contributed by atoms with E-state index in [-0.39, 0.29) is 32.6 Å². The van der Waals surface area contributed by atoms with E-state index in [0.29, 0.717) is 0 Å². The minimum atomic E-state index is -4.45. The Morgan fingerprint density at radius 3 is 1.37 bits per heavy atom. The highest BCUT2D eigenvalue weighted by molar-refractivity contribution is 7.86. The Morgan fingerprint density at radius 1 is 0.700 bits per heavy atom. The second-order valence-electron chi connectivity index (χ2n) is 5.49. The molecule has 14 heteroatoms. The minimum absolute atomic E-state index is 0.0619. The van der Waals surface area contributed by atoms with Crippen LogP contribution < -0.4 is 11.5 Å². The van der Waals surface area contributed by atoms with Crippen LogP contribution in [0.3, 0.4) is 0 Å². The summed E-state index contributed by atoms with van der Waals surface area (Å²) in [6.07, 6.45) is 2.07. The van der Waals surface area contributed by atoms with E-state index in [1.54, 1.807) is 0 Å². The topological polar surface area (TPSA) is 210 Å². The van der Waals surface area contributed by atoms with Crippen LogP contribution in [0.2, 0.25) is 0 Å². The molecule has 0 amide bonds. The van der Waals surface area contributed by atoms with E-state index in [1.165, 1.54) is 48.5 Å². The SMILES string of the molecule is NC(=N\N=C/c1ccccc1S(=O)(=O)O)/C(N)=N\N=C/c1ccccc1S(=O)(=O)O. The number of hydrogen-bond donors (Lipinski definition) is 4. The van der Waals surface area contributed by atoms with E-state index < -0.39 is 20.2 Å². The van der Waals surface area contributed by atoms with Gasteiger partial charge in [-0.05, 0) is 12.1 Å². The normalized spacial score (nSPS) is 13.9. The van der Waals surface area contributed by atoms with Crippen molar-refractivity contribution in [1.82, 2.24) is 0 Å². The fraction of sp³-hybridized carbons (Fsp3) is 0. The second-order valence-corrected chi connectivity index (χ2v) is 8.27. The van der Waals surface area contributed by atoms with Crippen LogP contribution in [0.5, 0.6) is 0 Å². The van der Waals surface area contributed by atoms with Crippen molar-refractivity contribution in [2.24, 2.45) is 31.9 Å². The molecule has 0 aliphatic carbocycles. The van der Waals surface area contributed by atoms with Gasteiger partial charge >= 0.3 is 0 Å². The quantitative estimate of drug-likeness (QED) is 0.206. The summed E-state index contributed by atoms with van der Waals surface area (Å²) in [6, 6.07) is 11.0. The summed E-state index contributed by atoms with van der Waals surface area (Å²) in [7, 11) is -8.90. The lowest BCUT2D eigenvalue weighted by molar-refractivity contribution is 0.481. The lowest BCUT2D eigenvalue weighted by atomic mass is 10.2. The molecule has 0 aliphatic heterocycles. The Morgan fingerprint density at radius 2 is 1.03 bits per heavy atom. The fourth-order valence-electron chi connectivity index (χ4n) is 2.05. The molecule has 6 N–H and O–H groups in total. The average molecular weight is 452 g/mol. The highest BCUT2D eigenvalue weighted by atomic mass is 32.2. The van der Waals surface area contributed by atoms with Crippen LogP contribution >= 0.6 is 0 Å². The molecular weight excluding hydrogens is 436 g/mol. The van der Waals surface area contributed by atoms with Crippen molar-refractivity contribution in [2.75, 3.05) is 0 Å². The van der Waals surface area contributed by atoms with Gasteiger partial charge < -0.3 is 11.5 Å². The number of nitrogens with two attached hydrogens (primary N) is 2. The van der Waals surface area contributed by atoms with Crippen molar-refractivity contribution in [1.29, 1.82) is 0 Å². The van der Waals surface area contributed by atoms with Crippen molar-refractivity contribution in [3.8, 4) is 0 Å². The van der Waals surface area contributed by atoms with Gasteiger partial charge in [0.2, 0.25) is 0 Å². The van der Waals surface area contributed by atoms with Gasteiger partial charge in [-0.3, -0.25) is 9.11 Å². The Kier molecular flexibility index (Phi) is 7.12. The van der Waals surface area contributed by atoms with Crippen LogP contribution in [0.15, 0.2) is 78.7 Å². The van der Waals surface area contributed by atoms with Crippen LogP contribution in [0.4, 0.5) is 0 Å². The first-order valence-corrected chi connectivity index (χ1v) is 10.7. The van der Waals surface area contributed by atoms with Crippen LogP contribution in [-0.2, 0) is 20.2 Å². The third kappa shape index (κ3) is 6.28. The molecule has 30 heavy (non-hydrogen) atoms. The molecule has 2 aromatic rings. The zero-order chi connectivity index (χ0) is 22.4. The molecule has 0 bridgehead atoms. The van der Waals surface area contributed by atoms with Crippen molar-refractivity contribution >= 4 is 44.3 Å². The maximum atomic E-state index is 11.3. The maximum Gasteiger partial charge on any atom is 0.295 e. The molecule has 0 fully saturated rings. The zero-order valence-electron chi connectivity index (χ0n) is 15.1. The van der Waals surface area contributed by atoms with Gasteiger partial charge in [0.05, 0.1) is 12.4 Å². The average Bonchev–Trinajstić information content (AvgIpc) is 2.67. The first kappa shape index (κ1) is 22.8. The molecule has 0 atom stereocenters. The molecule has 0 radical (unpaired) electrons. The Balaban J connectivity index is 2.20. The predicted molar refractivity (Wildman–Crippen MR) is 111 cm³/mol. The number of benzene rings is 2. The van der Waals surface area contributed by atoms with Gasteiger partial charge in [-0.25, -0.2) is 0 Å². The van der Waals surface area contributed by atoms with Gasteiger partial charge in [-0.1, -0.05) is 36.4 Å². The third-order valence-electron chi connectivity index (χ3n) is 3.38. The predicted octanol–water partition coefficient (Wildman–Crippen LogP) is 0.262. The summed E-state index contributed by atoms with van der Waals surface area (Å²) in [5.74, 6) is -0.730. The van der Waals surface area contributed by atoms with Gasteiger partial charge in [-0.2, -0.15) is 27.0 Å². The summed E-state index contributed by atoms with van der Waals surface area (Å²) < 4.78 is 63.6. The Bertz CT molecular complexity index is 1170. The van der Waals surface area contributed by atoms with E-state index >= 15 is 0 Å². The van der Waals surface area contributed by atoms with Gasteiger partial charge in [0.15, 0.2) is 11.7 Å². The molecule has 12 nitrogen and oxygen atoms in total. The summed E-state index contributed by atoms with van der Waals surface area (Å²) in [6.45, 7) is 0. The molecule has 0 heterocycles. The van der Waals surface area contributed by atoms with Crippen molar-refractivity contribution < 1.29 is 25.9 Å². The number of hydrogen-bond acceptors (Lipinski definition) is 8. The molecule has 0 spiro atoms. The van der Waals surface area contributed by atoms with Gasteiger partial charge in [0.1, 0.15) is 9.79 Å². The van der Waals surface area contributed by atoms with E-state index in [2.05, 4.69) is 20.4 Å². The number of nitrogens with zero attached hydrogens (tertiary/aromatic N) is 4. The van der Waals surface area contributed by atoms with Crippen LogP contribution in [0, 0.1) is 0 Å².